The Morgan fingerprint density at radius 2 is 2.07 bits per heavy atom. The van der Waals surface area contributed by atoms with Crippen molar-refractivity contribution in [3.05, 3.63) is 17.5 Å². The molecule has 10 heteroatoms. The minimum Gasteiger partial charge on any atom is -0.359 e. The maximum Gasteiger partial charge on any atom is 0.191 e. The quantitative estimate of drug-likeness (QED) is 0.308. The van der Waals surface area contributed by atoms with E-state index in [1.807, 2.05) is 19.9 Å². The molecule has 156 valence electrons. The summed E-state index contributed by atoms with van der Waals surface area (Å²) in [5.41, 5.74) is 0.939. The summed E-state index contributed by atoms with van der Waals surface area (Å²) in [6.45, 7) is 7.73. The Kier molecular flexibility index (Phi) is 10.6. The van der Waals surface area contributed by atoms with Gasteiger partial charge in [0.25, 0.3) is 0 Å². The van der Waals surface area contributed by atoms with Crippen LogP contribution in [0.1, 0.15) is 38.1 Å². The van der Waals surface area contributed by atoms with Crippen molar-refractivity contribution in [1.82, 2.24) is 20.7 Å². The molecule has 2 N–H and O–H groups in total. The van der Waals surface area contributed by atoms with Crippen LogP contribution >= 0.6 is 24.0 Å². The molecular formula is C17H32IN5O3S. The zero-order valence-corrected chi connectivity index (χ0v) is 19.5. The van der Waals surface area contributed by atoms with Crippen LogP contribution < -0.4 is 10.6 Å². The molecule has 1 aliphatic heterocycles. The lowest BCUT2D eigenvalue weighted by Crippen LogP contribution is -2.49. The summed E-state index contributed by atoms with van der Waals surface area (Å²) < 4.78 is 27.9. The lowest BCUT2D eigenvalue weighted by molar-refractivity contribution is 0.216. The molecule has 8 nitrogen and oxygen atoms in total. The molecule has 0 atom stereocenters. The van der Waals surface area contributed by atoms with E-state index in [9.17, 15) is 8.42 Å². The van der Waals surface area contributed by atoms with E-state index in [2.05, 4.69) is 25.7 Å². The van der Waals surface area contributed by atoms with Crippen LogP contribution in [0, 0.1) is 0 Å². The number of aliphatic imine (C=N–C) groups is 1. The number of aromatic nitrogens is 1. The molecule has 2 rings (SSSR count). The van der Waals surface area contributed by atoms with Crippen molar-refractivity contribution < 1.29 is 12.9 Å². The largest absolute Gasteiger partial charge is 0.359 e. The Morgan fingerprint density at radius 3 is 2.63 bits per heavy atom. The van der Waals surface area contributed by atoms with Crippen molar-refractivity contribution in [2.75, 3.05) is 38.2 Å². The van der Waals surface area contributed by atoms with E-state index in [1.165, 1.54) is 6.26 Å². The number of hydrogen-bond donors (Lipinski definition) is 2. The first-order valence-corrected chi connectivity index (χ1v) is 11.3. The number of nitrogens with zero attached hydrogens (tertiary/aromatic N) is 3. The second-order valence-corrected chi connectivity index (χ2v) is 8.98. The van der Waals surface area contributed by atoms with E-state index >= 15 is 0 Å². The molecule has 2 heterocycles. The predicted molar refractivity (Wildman–Crippen MR) is 118 cm³/mol. The number of hydrogen-bond acceptors (Lipinski definition) is 6. The third-order valence-electron chi connectivity index (χ3n) is 4.41. The second kappa shape index (κ2) is 11.8. The predicted octanol–water partition coefficient (Wildman–Crippen LogP) is 1.42. The highest BCUT2D eigenvalue weighted by molar-refractivity contribution is 14.0. The van der Waals surface area contributed by atoms with E-state index in [0.717, 1.165) is 56.3 Å². The number of likely N-dealkylation sites (tertiary alicyclic amines) is 1. The molecule has 0 aliphatic carbocycles. The molecule has 1 aliphatic rings. The summed E-state index contributed by atoms with van der Waals surface area (Å²) in [5, 5.41) is 10.7. The average Bonchev–Trinajstić information content (AvgIpc) is 3.07. The lowest BCUT2D eigenvalue weighted by atomic mass is 10.1. The van der Waals surface area contributed by atoms with Gasteiger partial charge in [-0.15, -0.1) is 24.0 Å². The first kappa shape index (κ1) is 24.2. The van der Waals surface area contributed by atoms with Gasteiger partial charge in [-0.05, 0) is 26.2 Å². The molecule has 0 saturated carbocycles. The van der Waals surface area contributed by atoms with Gasteiger partial charge in [-0.2, -0.15) is 0 Å². The molecule has 0 radical (unpaired) electrons. The van der Waals surface area contributed by atoms with Gasteiger partial charge in [-0.25, -0.2) is 13.4 Å². The number of piperidine rings is 1. The van der Waals surface area contributed by atoms with Crippen molar-refractivity contribution in [2.24, 2.45) is 4.99 Å². The van der Waals surface area contributed by atoms with Crippen molar-refractivity contribution in [2.45, 2.75) is 45.7 Å². The summed E-state index contributed by atoms with van der Waals surface area (Å²) in [6.07, 6.45) is 4.08. The highest BCUT2D eigenvalue weighted by Crippen LogP contribution is 2.11. The van der Waals surface area contributed by atoms with Crippen molar-refractivity contribution in [1.29, 1.82) is 0 Å². The molecule has 1 aromatic heterocycles. The summed E-state index contributed by atoms with van der Waals surface area (Å²) >= 11 is 0. The molecule has 1 aromatic rings. The molecular weight excluding hydrogens is 481 g/mol. The number of nitrogens with one attached hydrogen (secondary N) is 2. The summed E-state index contributed by atoms with van der Waals surface area (Å²) in [5.74, 6) is 1.76. The molecule has 0 unspecified atom stereocenters. The van der Waals surface area contributed by atoms with Gasteiger partial charge in [0.05, 0.1) is 11.4 Å². The number of halogens is 1. The number of guanidine groups is 1. The van der Waals surface area contributed by atoms with Crippen LogP contribution in [-0.2, 0) is 22.8 Å². The van der Waals surface area contributed by atoms with E-state index in [-0.39, 0.29) is 29.7 Å². The number of rotatable bonds is 8. The van der Waals surface area contributed by atoms with Gasteiger partial charge in [-0.1, -0.05) is 12.1 Å². The zero-order chi connectivity index (χ0) is 19.0. The van der Waals surface area contributed by atoms with Gasteiger partial charge in [0.1, 0.15) is 16.4 Å². The number of aryl methyl sites for hydroxylation is 1. The number of sulfone groups is 1. The van der Waals surface area contributed by atoms with Crippen LogP contribution in [0.3, 0.4) is 0 Å². The lowest BCUT2D eigenvalue weighted by Gasteiger charge is -2.32. The summed E-state index contributed by atoms with van der Waals surface area (Å²) in [6, 6.07) is 2.27. The first-order chi connectivity index (χ1) is 12.4. The third-order valence-corrected chi connectivity index (χ3v) is 5.34. The normalized spacial score (nSPS) is 16.8. The maximum absolute atomic E-state index is 11.3. The van der Waals surface area contributed by atoms with Gasteiger partial charge in [-0.3, -0.25) is 0 Å². The van der Waals surface area contributed by atoms with Crippen LogP contribution in [0.5, 0.6) is 0 Å². The molecule has 0 amide bonds. The Bertz CT molecular complexity index is 684. The van der Waals surface area contributed by atoms with E-state index in [4.69, 9.17) is 4.52 Å². The van der Waals surface area contributed by atoms with Crippen LogP contribution in [-0.4, -0.2) is 68.7 Å². The van der Waals surface area contributed by atoms with Gasteiger partial charge in [0.15, 0.2) is 11.7 Å². The summed E-state index contributed by atoms with van der Waals surface area (Å²) in [7, 11) is -2.90. The van der Waals surface area contributed by atoms with Gasteiger partial charge >= 0.3 is 0 Å². The van der Waals surface area contributed by atoms with Gasteiger partial charge in [0.2, 0.25) is 0 Å². The molecule has 0 bridgehead atoms. The van der Waals surface area contributed by atoms with E-state index in [1.54, 1.807) is 0 Å². The molecule has 0 spiro atoms. The van der Waals surface area contributed by atoms with E-state index < -0.39 is 9.84 Å². The highest BCUT2D eigenvalue weighted by Gasteiger charge is 2.20. The molecule has 27 heavy (non-hydrogen) atoms. The highest BCUT2D eigenvalue weighted by atomic mass is 127. The minimum atomic E-state index is -2.90. The standard InChI is InChI=1S/C17H31N5O3S.HI/c1-4-14-12-16(25-21-14)13-19-17(18-5-2)20-15-6-8-22(9-7-15)10-11-26(3,23)24;/h12,15H,4-11,13H2,1-3H3,(H2,18,19,20);1H. The topological polar surface area (TPSA) is 99.8 Å². The van der Waals surface area contributed by atoms with Crippen LogP contribution in [0.4, 0.5) is 0 Å². The fourth-order valence-corrected chi connectivity index (χ4v) is 3.45. The van der Waals surface area contributed by atoms with Crippen molar-refractivity contribution in [3.8, 4) is 0 Å². The average molecular weight is 513 g/mol. The fourth-order valence-electron chi connectivity index (χ4n) is 2.86. The zero-order valence-electron chi connectivity index (χ0n) is 16.4. The molecule has 1 fully saturated rings. The van der Waals surface area contributed by atoms with Crippen LogP contribution in [0.25, 0.3) is 0 Å². The van der Waals surface area contributed by atoms with Crippen LogP contribution in [0.15, 0.2) is 15.6 Å². The Hall–Kier alpha value is -0.880. The maximum atomic E-state index is 11.3. The molecule has 0 aromatic carbocycles. The van der Waals surface area contributed by atoms with Crippen molar-refractivity contribution >= 4 is 39.8 Å². The van der Waals surface area contributed by atoms with Crippen molar-refractivity contribution in [3.63, 3.8) is 0 Å². The summed E-state index contributed by atoms with van der Waals surface area (Å²) in [4.78, 5) is 6.79. The Morgan fingerprint density at radius 1 is 1.37 bits per heavy atom. The minimum absolute atomic E-state index is 0. The Labute approximate surface area is 179 Å². The Balaban J connectivity index is 0.00000364. The first-order valence-electron chi connectivity index (χ1n) is 9.29. The van der Waals surface area contributed by atoms with Gasteiger partial charge < -0.3 is 20.1 Å². The van der Waals surface area contributed by atoms with Gasteiger partial charge in [0, 0.05) is 44.5 Å². The van der Waals surface area contributed by atoms with Crippen LogP contribution in [0.2, 0.25) is 0 Å². The SMILES string of the molecule is CCNC(=NCc1cc(CC)no1)NC1CCN(CCS(C)(=O)=O)CC1.I. The third kappa shape index (κ3) is 9.24. The second-order valence-electron chi connectivity index (χ2n) is 6.72. The smallest absolute Gasteiger partial charge is 0.191 e. The fraction of sp³-hybridized carbons (Fsp3) is 0.765. The molecule has 1 saturated heterocycles. The monoisotopic (exact) mass is 513 g/mol. The van der Waals surface area contributed by atoms with E-state index in [0.29, 0.717) is 19.1 Å².